The summed E-state index contributed by atoms with van der Waals surface area (Å²) in [5.74, 6) is 0. The minimum absolute atomic E-state index is 0.127. The zero-order valence-corrected chi connectivity index (χ0v) is 13.0. The third-order valence-electron chi connectivity index (χ3n) is 4.40. The number of nitrogens with one attached hydrogen (secondary N) is 1. The molecule has 0 spiro atoms. The predicted molar refractivity (Wildman–Crippen MR) is 77.2 cm³/mol. The minimum atomic E-state index is -3.27. The summed E-state index contributed by atoms with van der Waals surface area (Å²) < 4.78 is 29.2. The normalized spacial score (nSPS) is 30.8. The molecule has 2 rings (SSSR count). The second-order valence-corrected chi connectivity index (χ2v) is 7.47. The average molecular weight is 289 g/mol. The van der Waals surface area contributed by atoms with Gasteiger partial charge in [0.15, 0.2) is 0 Å². The van der Waals surface area contributed by atoms with Crippen LogP contribution in [0.5, 0.6) is 0 Å². The van der Waals surface area contributed by atoms with E-state index in [0.29, 0.717) is 13.1 Å². The molecule has 0 saturated carbocycles. The number of piperidine rings is 1. The van der Waals surface area contributed by atoms with E-state index in [1.165, 1.54) is 0 Å². The van der Waals surface area contributed by atoms with Gasteiger partial charge < -0.3 is 5.32 Å². The zero-order valence-electron chi connectivity index (χ0n) is 12.1. The van der Waals surface area contributed by atoms with Gasteiger partial charge in [0, 0.05) is 31.7 Å². The molecule has 5 nitrogen and oxygen atoms in total. The van der Waals surface area contributed by atoms with Gasteiger partial charge in [-0.1, -0.05) is 13.3 Å². The van der Waals surface area contributed by atoms with Crippen LogP contribution in [0.4, 0.5) is 0 Å². The van der Waals surface area contributed by atoms with Crippen molar-refractivity contribution in [1.29, 1.82) is 0 Å². The number of rotatable bonds is 5. The second kappa shape index (κ2) is 6.52. The van der Waals surface area contributed by atoms with Crippen molar-refractivity contribution in [2.75, 3.05) is 26.7 Å². The highest BCUT2D eigenvalue weighted by Crippen LogP contribution is 2.29. The zero-order chi connectivity index (χ0) is 13.9. The van der Waals surface area contributed by atoms with Crippen molar-refractivity contribution in [3.8, 4) is 0 Å². The van der Waals surface area contributed by atoms with Crippen LogP contribution in [0.3, 0.4) is 0 Å². The summed E-state index contributed by atoms with van der Waals surface area (Å²) >= 11 is 0. The SMILES string of the molecule is CCC1CCCN1S(=O)(=O)N1CCCCC1CNC. The molecule has 0 aliphatic carbocycles. The van der Waals surface area contributed by atoms with Crippen molar-refractivity contribution < 1.29 is 8.42 Å². The van der Waals surface area contributed by atoms with E-state index in [9.17, 15) is 8.42 Å². The van der Waals surface area contributed by atoms with Crippen LogP contribution in [-0.4, -0.2) is 55.8 Å². The molecule has 6 heteroatoms. The minimum Gasteiger partial charge on any atom is -0.318 e. The summed E-state index contributed by atoms with van der Waals surface area (Å²) in [4.78, 5) is 0. The van der Waals surface area contributed by atoms with Crippen LogP contribution in [0.1, 0.15) is 45.4 Å². The van der Waals surface area contributed by atoms with Gasteiger partial charge in [0.05, 0.1) is 0 Å². The van der Waals surface area contributed by atoms with Crippen LogP contribution in [0.25, 0.3) is 0 Å². The molecule has 1 N–H and O–H groups in total. The second-order valence-electron chi connectivity index (χ2n) is 5.64. The first kappa shape index (κ1) is 15.2. The van der Waals surface area contributed by atoms with Gasteiger partial charge in [-0.25, -0.2) is 0 Å². The molecule has 0 aromatic heterocycles. The highest BCUT2D eigenvalue weighted by atomic mass is 32.2. The fraction of sp³-hybridized carbons (Fsp3) is 1.00. The van der Waals surface area contributed by atoms with Gasteiger partial charge in [0.25, 0.3) is 10.2 Å². The summed E-state index contributed by atoms with van der Waals surface area (Å²) in [6.07, 6.45) is 6.04. The Bertz CT molecular complexity index is 383. The van der Waals surface area contributed by atoms with Gasteiger partial charge in [-0.2, -0.15) is 17.0 Å². The molecule has 2 fully saturated rings. The van der Waals surface area contributed by atoms with Gasteiger partial charge in [-0.05, 0) is 39.2 Å². The molecular weight excluding hydrogens is 262 g/mol. The predicted octanol–water partition coefficient (Wildman–Crippen LogP) is 1.18. The van der Waals surface area contributed by atoms with Crippen molar-refractivity contribution in [2.24, 2.45) is 0 Å². The fourth-order valence-electron chi connectivity index (χ4n) is 3.37. The lowest BCUT2D eigenvalue weighted by atomic mass is 10.1. The average Bonchev–Trinajstić information content (AvgIpc) is 2.88. The first-order valence-electron chi connectivity index (χ1n) is 7.54. The Kier molecular flexibility index (Phi) is 5.22. The first-order chi connectivity index (χ1) is 9.11. The van der Waals surface area contributed by atoms with E-state index in [2.05, 4.69) is 12.2 Å². The maximum Gasteiger partial charge on any atom is 0.282 e. The lowest BCUT2D eigenvalue weighted by molar-refractivity contribution is 0.224. The summed E-state index contributed by atoms with van der Waals surface area (Å²) in [5.41, 5.74) is 0. The lowest BCUT2D eigenvalue weighted by Crippen LogP contribution is -2.54. The van der Waals surface area contributed by atoms with Crippen LogP contribution < -0.4 is 5.32 Å². The number of hydrogen-bond donors (Lipinski definition) is 1. The van der Waals surface area contributed by atoms with Gasteiger partial charge >= 0.3 is 0 Å². The van der Waals surface area contributed by atoms with Gasteiger partial charge in [0.1, 0.15) is 0 Å². The van der Waals surface area contributed by atoms with Crippen LogP contribution >= 0.6 is 0 Å². The number of likely N-dealkylation sites (N-methyl/N-ethyl adjacent to an activating group) is 1. The lowest BCUT2D eigenvalue weighted by Gasteiger charge is -2.38. The Hall–Kier alpha value is -0.170. The van der Waals surface area contributed by atoms with Crippen molar-refractivity contribution in [3.63, 3.8) is 0 Å². The van der Waals surface area contributed by atoms with Crippen LogP contribution in [0, 0.1) is 0 Å². The van der Waals surface area contributed by atoms with Gasteiger partial charge in [-0.3, -0.25) is 0 Å². The highest BCUT2D eigenvalue weighted by molar-refractivity contribution is 7.86. The quantitative estimate of drug-likeness (QED) is 0.827. The maximum absolute atomic E-state index is 12.9. The van der Waals surface area contributed by atoms with Crippen molar-refractivity contribution in [3.05, 3.63) is 0 Å². The fourth-order valence-corrected chi connectivity index (χ4v) is 5.55. The Labute approximate surface area is 117 Å². The van der Waals surface area contributed by atoms with E-state index in [1.807, 2.05) is 7.05 Å². The van der Waals surface area contributed by atoms with Crippen molar-refractivity contribution in [1.82, 2.24) is 13.9 Å². The standard InChI is InChI=1S/C13H27N3O2S/c1-3-12-8-6-10-15(12)19(17,18)16-9-5-4-7-13(16)11-14-2/h12-14H,3-11H2,1-2H3. The Morgan fingerprint density at radius 3 is 2.37 bits per heavy atom. The van der Waals surface area contributed by atoms with E-state index < -0.39 is 10.2 Å². The van der Waals surface area contributed by atoms with E-state index in [1.54, 1.807) is 8.61 Å². The summed E-state index contributed by atoms with van der Waals surface area (Å²) in [6.45, 7) is 4.22. The summed E-state index contributed by atoms with van der Waals surface area (Å²) in [5, 5.41) is 3.13. The van der Waals surface area contributed by atoms with Crippen LogP contribution in [0.15, 0.2) is 0 Å². The smallest absolute Gasteiger partial charge is 0.282 e. The maximum atomic E-state index is 12.9. The number of hydrogen-bond acceptors (Lipinski definition) is 3. The third kappa shape index (κ3) is 3.12. The molecule has 19 heavy (non-hydrogen) atoms. The van der Waals surface area contributed by atoms with E-state index in [4.69, 9.17) is 0 Å². The Morgan fingerprint density at radius 1 is 1.05 bits per heavy atom. The van der Waals surface area contributed by atoms with E-state index >= 15 is 0 Å². The van der Waals surface area contributed by atoms with Crippen molar-refractivity contribution in [2.45, 2.75) is 57.5 Å². The molecule has 112 valence electrons. The highest BCUT2D eigenvalue weighted by Gasteiger charge is 2.40. The molecule has 0 amide bonds. The van der Waals surface area contributed by atoms with E-state index in [0.717, 1.165) is 45.1 Å². The molecule has 0 aromatic carbocycles. The molecule has 2 aliphatic rings. The molecular formula is C13H27N3O2S. The van der Waals surface area contributed by atoms with Gasteiger partial charge in [0.2, 0.25) is 0 Å². The molecule has 2 unspecified atom stereocenters. The molecule has 0 radical (unpaired) electrons. The molecule has 2 atom stereocenters. The summed E-state index contributed by atoms with van der Waals surface area (Å²) in [7, 11) is -1.37. The van der Waals surface area contributed by atoms with E-state index in [-0.39, 0.29) is 12.1 Å². The van der Waals surface area contributed by atoms with Gasteiger partial charge in [-0.15, -0.1) is 0 Å². The first-order valence-corrected chi connectivity index (χ1v) is 8.94. The molecule has 2 saturated heterocycles. The largest absolute Gasteiger partial charge is 0.318 e. The van der Waals surface area contributed by atoms with Crippen LogP contribution in [-0.2, 0) is 10.2 Å². The monoisotopic (exact) mass is 289 g/mol. The Morgan fingerprint density at radius 2 is 1.68 bits per heavy atom. The Balaban J connectivity index is 2.16. The molecule has 2 heterocycles. The molecule has 2 aliphatic heterocycles. The number of nitrogens with zero attached hydrogens (tertiary/aromatic N) is 2. The molecule has 0 bridgehead atoms. The summed E-state index contributed by atoms with van der Waals surface area (Å²) in [6, 6.07) is 0.337. The third-order valence-corrected chi connectivity index (χ3v) is 6.55. The topological polar surface area (TPSA) is 52.7 Å². The molecule has 0 aromatic rings. The van der Waals surface area contributed by atoms with Crippen molar-refractivity contribution >= 4 is 10.2 Å². The van der Waals surface area contributed by atoms with Crippen LogP contribution in [0.2, 0.25) is 0 Å².